The monoisotopic (exact) mass is 491 g/mol. The average Bonchev–Trinajstić information content (AvgIpc) is 2.91. The predicted octanol–water partition coefficient (Wildman–Crippen LogP) is 4.83. The lowest BCUT2D eigenvalue weighted by Gasteiger charge is -2.36. The number of benzene rings is 3. The number of methoxy groups -OCH3 is 2. The highest BCUT2D eigenvalue weighted by molar-refractivity contribution is 5.82. The molecule has 1 atom stereocenters. The van der Waals surface area contributed by atoms with E-state index in [-0.39, 0.29) is 31.0 Å². The molecule has 1 radical (unpaired) electrons. The second kappa shape index (κ2) is 12.9. The van der Waals surface area contributed by atoms with Crippen molar-refractivity contribution in [3.63, 3.8) is 0 Å². The van der Waals surface area contributed by atoms with Crippen LogP contribution < -0.4 is 14.2 Å². The Balaban J connectivity index is 2.18. The molecule has 0 spiro atoms. The van der Waals surface area contributed by atoms with E-state index in [0.29, 0.717) is 23.5 Å². The van der Waals surface area contributed by atoms with Gasteiger partial charge in [-0.3, -0.25) is 4.79 Å². The Hall–Kier alpha value is -3.68. The van der Waals surface area contributed by atoms with Gasteiger partial charge in [0.15, 0.2) is 11.5 Å². The molecule has 0 saturated heterocycles. The SMILES string of the molecule is COc1ccc(C(O[CH]CCO)(c2ccccc2)c2ccc(OC)c(OC(=O)CCC(C)=O)c2)cc1. The first-order chi connectivity index (χ1) is 17.4. The summed E-state index contributed by atoms with van der Waals surface area (Å²) in [5.41, 5.74) is 1.14. The number of carbonyl (C=O) groups excluding carboxylic acids is 2. The van der Waals surface area contributed by atoms with Crippen LogP contribution in [-0.2, 0) is 19.9 Å². The Morgan fingerprint density at radius 1 is 0.833 bits per heavy atom. The van der Waals surface area contributed by atoms with Crippen LogP contribution in [0.3, 0.4) is 0 Å². The number of rotatable bonds is 13. The summed E-state index contributed by atoms with van der Waals surface area (Å²) in [7, 11) is 3.09. The number of carbonyl (C=O) groups is 2. The molecule has 1 N–H and O–H groups in total. The van der Waals surface area contributed by atoms with E-state index in [1.165, 1.54) is 14.0 Å². The molecular formula is C29H31O7. The van der Waals surface area contributed by atoms with Gasteiger partial charge < -0.3 is 28.8 Å². The highest BCUT2D eigenvalue weighted by Crippen LogP contribution is 2.44. The van der Waals surface area contributed by atoms with Gasteiger partial charge in [0.1, 0.15) is 17.1 Å². The van der Waals surface area contributed by atoms with Crippen molar-refractivity contribution in [3.8, 4) is 17.2 Å². The van der Waals surface area contributed by atoms with E-state index in [4.69, 9.17) is 18.9 Å². The molecule has 0 aliphatic heterocycles. The summed E-state index contributed by atoms with van der Waals surface area (Å²) in [5, 5.41) is 9.42. The van der Waals surface area contributed by atoms with Gasteiger partial charge in [-0.25, -0.2) is 0 Å². The number of hydrogen-bond donors (Lipinski definition) is 1. The van der Waals surface area contributed by atoms with E-state index in [0.717, 1.165) is 11.1 Å². The summed E-state index contributed by atoms with van der Waals surface area (Å²) < 4.78 is 22.9. The Kier molecular flexibility index (Phi) is 9.61. The molecule has 7 nitrogen and oxygen atoms in total. The normalized spacial score (nSPS) is 12.4. The van der Waals surface area contributed by atoms with Crippen molar-refractivity contribution >= 4 is 11.8 Å². The average molecular weight is 492 g/mol. The number of esters is 1. The lowest BCUT2D eigenvalue weighted by molar-refractivity contribution is -0.136. The van der Waals surface area contributed by atoms with Gasteiger partial charge in [0, 0.05) is 13.0 Å². The van der Waals surface area contributed by atoms with E-state index < -0.39 is 11.6 Å². The Morgan fingerprint density at radius 3 is 2.11 bits per heavy atom. The molecule has 1 unspecified atom stereocenters. The van der Waals surface area contributed by atoms with Gasteiger partial charge in [-0.05, 0) is 54.3 Å². The standard InChI is InChI=1S/C29H31O7/c1-21(31)10-17-28(32)36-27-20-24(13-16-26(27)34-3)29(35-19-7-18-30,22-8-5-4-6-9-22)23-11-14-25(33-2)15-12-23/h4-6,8-9,11-16,19-20,30H,7,10,17-18H2,1-3H3. The van der Waals surface area contributed by atoms with E-state index in [1.807, 2.05) is 60.7 Å². The number of hydrogen-bond acceptors (Lipinski definition) is 7. The maximum Gasteiger partial charge on any atom is 0.311 e. The molecule has 3 aromatic rings. The third-order valence-corrected chi connectivity index (χ3v) is 5.66. The van der Waals surface area contributed by atoms with Gasteiger partial charge in [0.05, 0.1) is 27.2 Å². The first kappa shape index (κ1) is 26.9. The summed E-state index contributed by atoms with van der Waals surface area (Å²) in [6.07, 6.45) is 0.374. The van der Waals surface area contributed by atoms with Gasteiger partial charge in [-0.2, -0.15) is 0 Å². The second-order valence-electron chi connectivity index (χ2n) is 8.11. The van der Waals surface area contributed by atoms with Gasteiger partial charge in [0.2, 0.25) is 0 Å². The maximum absolute atomic E-state index is 12.5. The number of Topliss-reactive ketones (excluding diaryl/α,β-unsaturated/α-hetero) is 1. The minimum atomic E-state index is -1.14. The lowest BCUT2D eigenvalue weighted by atomic mass is 9.79. The molecule has 0 aliphatic carbocycles. The minimum Gasteiger partial charge on any atom is -0.497 e. The number of ether oxygens (including phenoxy) is 4. The molecule has 36 heavy (non-hydrogen) atoms. The zero-order valence-corrected chi connectivity index (χ0v) is 20.7. The smallest absolute Gasteiger partial charge is 0.311 e. The molecule has 0 amide bonds. The fraction of sp³-hybridized carbons (Fsp3) is 0.276. The number of aliphatic hydroxyl groups is 1. The first-order valence-electron chi connectivity index (χ1n) is 11.6. The van der Waals surface area contributed by atoms with Crippen molar-refractivity contribution in [1.29, 1.82) is 0 Å². The Labute approximate surface area is 211 Å². The van der Waals surface area contributed by atoms with Crippen molar-refractivity contribution in [2.75, 3.05) is 20.8 Å². The van der Waals surface area contributed by atoms with E-state index in [1.54, 1.807) is 25.8 Å². The molecular weight excluding hydrogens is 460 g/mol. The fourth-order valence-corrected chi connectivity index (χ4v) is 3.87. The molecule has 3 aromatic carbocycles. The van der Waals surface area contributed by atoms with E-state index >= 15 is 0 Å². The minimum absolute atomic E-state index is 0.0359. The van der Waals surface area contributed by atoms with Crippen LogP contribution >= 0.6 is 0 Å². The highest BCUT2D eigenvalue weighted by atomic mass is 16.6. The van der Waals surface area contributed by atoms with Crippen LogP contribution in [-0.4, -0.2) is 37.7 Å². The number of aliphatic hydroxyl groups excluding tert-OH is 1. The molecule has 3 rings (SSSR count). The third-order valence-electron chi connectivity index (χ3n) is 5.66. The fourth-order valence-electron chi connectivity index (χ4n) is 3.87. The summed E-state index contributed by atoms with van der Waals surface area (Å²) in [6.45, 7) is 2.92. The first-order valence-corrected chi connectivity index (χ1v) is 11.6. The molecule has 0 saturated carbocycles. The van der Waals surface area contributed by atoms with Crippen LogP contribution in [0.5, 0.6) is 17.2 Å². The van der Waals surface area contributed by atoms with Crippen molar-refractivity contribution < 1.29 is 33.6 Å². The molecule has 0 fully saturated rings. The van der Waals surface area contributed by atoms with Crippen LogP contribution in [0.4, 0.5) is 0 Å². The largest absolute Gasteiger partial charge is 0.497 e. The van der Waals surface area contributed by atoms with E-state index in [9.17, 15) is 14.7 Å². The molecule has 0 aliphatic rings. The topological polar surface area (TPSA) is 91.3 Å². The van der Waals surface area contributed by atoms with Crippen molar-refractivity contribution in [3.05, 3.63) is 96.1 Å². The zero-order valence-electron chi connectivity index (χ0n) is 20.7. The Bertz CT molecular complexity index is 1140. The second-order valence-corrected chi connectivity index (χ2v) is 8.11. The van der Waals surface area contributed by atoms with Crippen LogP contribution in [0, 0.1) is 6.61 Å². The van der Waals surface area contributed by atoms with Crippen molar-refractivity contribution in [2.45, 2.75) is 31.8 Å². The third kappa shape index (κ3) is 6.30. The van der Waals surface area contributed by atoms with Crippen LogP contribution in [0.1, 0.15) is 42.9 Å². The van der Waals surface area contributed by atoms with Crippen LogP contribution in [0.2, 0.25) is 0 Å². The summed E-state index contributed by atoms with van der Waals surface area (Å²) in [5.74, 6) is 0.634. The molecule has 189 valence electrons. The van der Waals surface area contributed by atoms with Crippen molar-refractivity contribution in [2.24, 2.45) is 0 Å². The zero-order chi connectivity index (χ0) is 26.0. The van der Waals surface area contributed by atoms with Crippen molar-refractivity contribution in [1.82, 2.24) is 0 Å². The van der Waals surface area contributed by atoms with Crippen LogP contribution in [0.25, 0.3) is 0 Å². The summed E-state index contributed by atoms with van der Waals surface area (Å²) in [4.78, 5) is 23.8. The molecule has 7 heteroatoms. The van der Waals surface area contributed by atoms with Gasteiger partial charge >= 0.3 is 5.97 Å². The molecule has 0 bridgehead atoms. The predicted molar refractivity (Wildman–Crippen MR) is 135 cm³/mol. The quantitative estimate of drug-likeness (QED) is 0.158. The molecule has 0 heterocycles. The van der Waals surface area contributed by atoms with Gasteiger partial charge in [-0.15, -0.1) is 0 Å². The number of ketones is 1. The van der Waals surface area contributed by atoms with Crippen LogP contribution in [0.15, 0.2) is 72.8 Å². The van der Waals surface area contributed by atoms with Gasteiger partial charge in [-0.1, -0.05) is 48.5 Å². The summed E-state index contributed by atoms with van der Waals surface area (Å²) >= 11 is 0. The Morgan fingerprint density at radius 2 is 1.50 bits per heavy atom. The molecule has 0 aromatic heterocycles. The maximum atomic E-state index is 12.5. The highest BCUT2D eigenvalue weighted by Gasteiger charge is 2.38. The summed E-state index contributed by atoms with van der Waals surface area (Å²) in [6, 6.07) is 22.4. The van der Waals surface area contributed by atoms with Gasteiger partial charge in [0.25, 0.3) is 0 Å². The van der Waals surface area contributed by atoms with E-state index in [2.05, 4.69) is 0 Å². The lowest BCUT2D eigenvalue weighted by Crippen LogP contribution is -2.32.